The normalized spacial score (nSPS) is 9.13. The summed E-state index contributed by atoms with van der Waals surface area (Å²) in [6, 6.07) is 5.77. The number of nitriles is 1. The van der Waals surface area contributed by atoms with Gasteiger partial charge in [0.2, 0.25) is 0 Å². The molecule has 0 aromatic heterocycles. The van der Waals surface area contributed by atoms with Gasteiger partial charge >= 0.3 is 5.97 Å². The number of nitrogens with one attached hydrogen (secondary N) is 1. The molecule has 0 fully saturated rings. The number of carbonyl (C=O) groups is 1. The summed E-state index contributed by atoms with van der Waals surface area (Å²) in [5.74, 6) is -1.06. The molecular weight excluding hydrogens is 199 g/mol. The van der Waals surface area contributed by atoms with E-state index in [4.69, 9.17) is 5.26 Å². The van der Waals surface area contributed by atoms with Gasteiger partial charge in [-0.05, 0) is 18.2 Å². The minimum atomic E-state index is -0.571. The Morgan fingerprint density at radius 2 is 2.40 bits per heavy atom. The van der Waals surface area contributed by atoms with Crippen LogP contribution in [0.4, 0.5) is 10.1 Å². The molecule has 15 heavy (non-hydrogen) atoms. The summed E-state index contributed by atoms with van der Waals surface area (Å²) in [6.07, 6.45) is 0. The SMILES string of the molecule is COC(=O)CNc1ccc(C#N)cc1F. The fourth-order valence-corrected chi connectivity index (χ4v) is 0.968. The van der Waals surface area contributed by atoms with Crippen molar-refractivity contribution in [3.8, 4) is 6.07 Å². The van der Waals surface area contributed by atoms with Crippen LogP contribution in [0.15, 0.2) is 18.2 Å². The van der Waals surface area contributed by atoms with E-state index in [1.165, 1.54) is 19.2 Å². The molecule has 0 radical (unpaired) electrons. The first-order chi connectivity index (χ1) is 7.17. The minimum absolute atomic E-state index is 0.112. The lowest BCUT2D eigenvalue weighted by atomic mass is 10.2. The van der Waals surface area contributed by atoms with E-state index < -0.39 is 11.8 Å². The highest BCUT2D eigenvalue weighted by Gasteiger charge is 2.05. The fourth-order valence-electron chi connectivity index (χ4n) is 0.968. The maximum atomic E-state index is 13.2. The van der Waals surface area contributed by atoms with Crippen LogP contribution < -0.4 is 5.32 Å². The van der Waals surface area contributed by atoms with Crippen LogP contribution >= 0.6 is 0 Å². The highest BCUT2D eigenvalue weighted by atomic mass is 19.1. The molecule has 0 aliphatic heterocycles. The van der Waals surface area contributed by atoms with Crippen molar-refractivity contribution in [2.75, 3.05) is 19.0 Å². The first-order valence-corrected chi connectivity index (χ1v) is 4.17. The second kappa shape index (κ2) is 4.96. The summed E-state index contributed by atoms with van der Waals surface area (Å²) < 4.78 is 17.6. The van der Waals surface area contributed by atoms with E-state index in [2.05, 4.69) is 10.1 Å². The molecule has 0 atom stereocenters. The van der Waals surface area contributed by atoms with Gasteiger partial charge in [-0.15, -0.1) is 0 Å². The van der Waals surface area contributed by atoms with Crippen LogP contribution in [0.25, 0.3) is 0 Å². The third-order valence-electron chi connectivity index (χ3n) is 1.75. The highest BCUT2D eigenvalue weighted by molar-refractivity contribution is 5.74. The number of methoxy groups -OCH3 is 1. The second-order valence-corrected chi connectivity index (χ2v) is 2.74. The van der Waals surface area contributed by atoms with Crippen LogP contribution in [0, 0.1) is 17.1 Å². The first kappa shape index (κ1) is 11.0. The van der Waals surface area contributed by atoms with Crippen LogP contribution in [-0.4, -0.2) is 19.6 Å². The van der Waals surface area contributed by atoms with Crippen molar-refractivity contribution in [2.24, 2.45) is 0 Å². The number of carbonyl (C=O) groups excluding carboxylic acids is 1. The monoisotopic (exact) mass is 208 g/mol. The topological polar surface area (TPSA) is 62.1 Å². The molecule has 1 aromatic carbocycles. The number of anilines is 1. The van der Waals surface area contributed by atoms with Crippen LogP contribution in [0.3, 0.4) is 0 Å². The third-order valence-corrected chi connectivity index (χ3v) is 1.75. The van der Waals surface area contributed by atoms with Crippen molar-refractivity contribution in [2.45, 2.75) is 0 Å². The summed E-state index contributed by atoms with van der Waals surface area (Å²) in [7, 11) is 1.25. The van der Waals surface area contributed by atoms with Gasteiger partial charge in [0.15, 0.2) is 0 Å². The van der Waals surface area contributed by atoms with Gasteiger partial charge in [-0.1, -0.05) is 0 Å². The van der Waals surface area contributed by atoms with Gasteiger partial charge in [-0.2, -0.15) is 5.26 Å². The molecule has 5 heteroatoms. The fraction of sp³-hybridized carbons (Fsp3) is 0.200. The molecule has 0 amide bonds. The quantitative estimate of drug-likeness (QED) is 0.760. The average molecular weight is 208 g/mol. The number of benzene rings is 1. The van der Waals surface area contributed by atoms with Gasteiger partial charge in [0.25, 0.3) is 0 Å². The average Bonchev–Trinajstić information content (AvgIpc) is 2.26. The Morgan fingerprint density at radius 1 is 1.67 bits per heavy atom. The molecular formula is C10H9FN2O2. The number of nitrogens with zero attached hydrogens (tertiary/aromatic N) is 1. The maximum Gasteiger partial charge on any atom is 0.325 e. The number of esters is 1. The number of hydrogen-bond donors (Lipinski definition) is 1. The molecule has 0 aliphatic rings. The lowest BCUT2D eigenvalue weighted by Gasteiger charge is -2.05. The zero-order chi connectivity index (χ0) is 11.3. The van der Waals surface area contributed by atoms with Crippen molar-refractivity contribution in [3.05, 3.63) is 29.6 Å². The molecule has 0 unspecified atom stereocenters. The molecule has 0 bridgehead atoms. The molecule has 0 saturated heterocycles. The Kier molecular flexibility index (Phi) is 3.63. The number of halogens is 1. The van der Waals surface area contributed by atoms with E-state index in [9.17, 15) is 9.18 Å². The number of ether oxygens (including phenoxy) is 1. The lowest BCUT2D eigenvalue weighted by Crippen LogP contribution is -2.15. The van der Waals surface area contributed by atoms with Gasteiger partial charge in [0.05, 0.1) is 24.4 Å². The molecule has 0 spiro atoms. The van der Waals surface area contributed by atoms with Crippen LogP contribution in [-0.2, 0) is 9.53 Å². The molecule has 4 nitrogen and oxygen atoms in total. The molecule has 1 rings (SSSR count). The van der Waals surface area contributed by atoms with Crippen molar-refractivity contribution in [3.63, 3.8) is 0 Å². The summed E-state index contributed by atoms with van der Waals surface area (Å²) >= 11 is 0. The van der Waals surface area contributed by atoms with Gasteiger partial charge in [-0.3, -0.25) is 4.79 Å². The smallest absolute Gasteiger partial charge is 0.325 e. The zero-order valence-electron chi connectivity index (χ0n) is 8.08. The van der Waals surface area contributed by atoms with Crippen molar-refractivity contribution >= 4 is 11.7 Å². The Bertz CT molecular complexity index is 412. The summed E-state index contributed by atoms with van der Waals surface area (Å²) in [6.45, 7) is -0.112. The molecule has 1 aromatic rings. The largest absolute Gasteiger partial charge is 0.468 e. The summed E-state index contributed by atoms with van der Waals surface area (Å²) in [4.78, 5) is 10.8. The third kappa shape index (κ3) is 2.95. The standard InChI is InChI=1S/C10H9FN2O2/c1-15-10(14)6-13-9-3-2-7(5-12)4-8(9)11/h2-4,13H,6H2,1H3. The summed E-state index contributed by atoms with van der Waals surface area (Å²) in [5, 5.41) is 11.1. The molecule has 0 heterocycles. The molecule has 78 valence electrons. The van der Waals surface area contributed by atoms with Crippen LogP contribution in [0.2, 0.25) is 0 Å². The van der Waals surface area contributed by atoms with Gasteiger partial charge in [0.1, 0.15) is 12.4 Å². The molecule has 1 N–H and O–H groups in total. The van der Waals surface area contributed by atoms with Crippen molar-refractivity contribution in [1.29, 1.82) is 5.26 Å². The Hall–Kier alpha value is -2.09. The van der Waals surface area contributed by atoms with Crippen molar-refractivity contribution in [1.82, 2.24) is 0 Å². The Morgan fingerprint density at radius 3 is 2.93 bits per heavy atom. The van der Waals surface area contributed by atoms with Gasteiger partial charge < -0.3 is 10.1 Å². The van der Waals surface area contributed by atoms with Crippen LogP contribution in [0.5, 0.6) is 0 Å². The second-order valence-electron chi connectivity index (χ2n) is 2.74. The predicted octanol–water partition coefficient (Wildman–Crippen LogP) is 1.28. The van der Waals surface area contributed by atoms with E-state index in [0.717, 1.165) is 6.07 Å². The van der Waals surface area contributed by atoms with E-state index >= 15 is 0 Å². The van der Waals surface area contributed by atoms with E-state index in [1.54, 1.807) is 0 Å². The van der Waals surface area contributed by atoms with Crippen molar-refractivity contribution < 1.29 is 13.9 Å². The number of rotatable bonds is 3. The van der Waals surface area contributed by atoms with E-state index in [-0.39, 0.29) is 17.8 Å². The Balaban J connectivity index is 2.71. The predicted molar refractivity (Wildman–Crippen MR) is 51.6 cm³/mol. The first-order valence-electron chi connectivity index (χ1n) is 4.17. The Labute approximate surface area is 86.3 Å². The lowest BCUT2D eigenvalue weighted by molar-refractivity contribution is -0.138. The summed E-state index contributed by atoms with van der Waals surface area (Å²) in [5.41, 5.74) is 0.399. The van der Waals surface area contributed by atoms with E-state index in [0.29, 0.717) is 0 Å². The molecule has 0 aliphatic carbocycles. The van der Waals surface area contributed by atoms with Gasteiger partial charge in [0, 0.05) is 0 Å². The zero-order valence-corrected chi connectivity index (χ0v) is 8.08. The molecule has 0 saturated carbocycles. The maximum absolute atomic E-state index is 13.2. The van der Waals surface area contributed by atoms with E-state index in [1.807, 2.05) is 6.07 Å². The highest BCUT2D eigenvalue weighted by Crippen LogP contribution is 2.14. The van der Waals surface area contributed by atoms with Crippen LogP contribution in [0.1, 0.15) is 5.56 Å². The number of hydrogen-bond acceptors (Lipinski definition) is 4. The van der Waals surface area contributed by atoms with Gasteiger partial charge in [-0.25, -0.2) is 4.39 Å². The minimum Gasteiger partial charge on any atom is -0.468 e.